The summed E-state index contributed by atoms with van der Waals surface area (Å²) in [6.45, 7) is 7.12. The van der Waals surface area contributed by atoms with Crippen LogP contribution in [0.5, 0.6) is 0 Å². The van der Waals surface area contributed by atoms with Crippen molar-refractivity contribution in [2.75, 3.05) is 37.6 Å². The molecule has 0 aromatic carbocycles. The number of piperazine rings is 1. The first kappa shape index (κ1) is 15.4. The van der Waals surface area contributed by atoms with E-state index in [1.165, 1.54) is 17.5 Å². The van der Waals surface area contributed by atoms with Crippen molar-refractivity contribution in [3.05, 3.63) is 36.0 Å². The van der Waals surface area contributed by atoms with E-state index in [-0.39, 0.29) is 0 Å². The molecule has 1 aliphatic rings. The Hall–Kier alpha value is -2.12. The van der Waals surface area contributed by atoms with Crippen molar-refractivity contribution in [1.82, 2.24) is 19.9 Å². The van der Waals surface area contributed by atoms with E-state index in [0.29, 0.717) is 5.56 Å². The van der Waals surface area contributed by atoms with Gasteiger partial charge in [-0.05, 0) is 18.7 Å². The molecular weight excluding hydrogens is 325 g/mol. The zero-order chi connectivity index (χ0) is 16.5. The highest BCUT2D eigenvalue weighted by molar-refractivity contribution is 7.17. The number of fused-ring (bicyclic) bond motifs is 1. The van der Waals surface area contributed by atoms with Crippen molar-refractivity contribution in [3.8, 4) is 11.1 Å². The molecular formula is C17H18FN5S. The van der Waals surface area contributed by atoms with E-state index in [1.807, 2.05) is 5.38 Å². The van der Waals surface area contributed by atoms with Gasteiger partial charge in [-0.2, -0.15) is 4.39 Å². The highest BCUT2D eigenvalue weighted by atomic mass is 32.1. The smallest absolute Gasteiger partial charge is 0.220 e. The van der Waals surface area contributed by atoms with E-state index in [2.05, 4.69) is 31.7 Å². The molecule has 5 nitrogen and oxygen atoms in total. The average molecular weight is 343 g/mol. The number of rotatable bonds is 3. The van der Waals surface area contributed by atoms with Crippen LogP contribution in [0.2, 0.25) is 0 Å². The number of likely N-dealkylation sites (N-methyl/N-ethyl adjacent to an activating group) is 1. The maximum Gasteiger partial charge on any atom is 0.220 e. The summed E-state index contributed by atoms with van der Waals surface area (Å²) in [5, 5.41) is 2.88. The number of aromatic nitrogens is 3. The third-order valence-corrected chi connectivity index (χ3v) is 5.40. The first-order valence-corrected chi connectivity index (χ1v) is 8.96. The molecule has 4 rings (SSSR count). The van der Waals surface area contributed by atoms with Gasteiger partial charge in [0.1, 0.15) is 17.0 Å². The van der Waals surface area contributed by atoms with Gasteiger partial charge in [-0.15, -0.1) is 11.3 Å². The molecule has 1 aliphatic heterocycles. The minimum Gasteiger partial charge on any atom is -0.353 e. The molecule has 0 bridgehead atoms. The fraction of sp³-hybridized carbons (Fsp3) is 0.353. The molecule has 3 aromatic rings. The summed E-state index contributed by atoms with van der Waals surface area (Å²) in [6.07, 6.45) is 3.07. The number of thiophene rings is 1. The molecule has 124 valence electrons. The number of hydrogen-bond acceptors (Lipinski definition) is 6. The standard InChI is InChI=1S/C17H18FN5S/c1-2-22-6-8-23(9-7-22)16-14-13(10-24-17(14)21-11-20-16)12-4-3-5-19-15(12)18/h3-5,10-11H,2,6-9H2,1H3. The predicted octanol–water partition coefficient (Wildman–Crippen LogP) is 3.03. The van der Waals surface area contributed by atoms with Gasteiger partial charge in [0.15, 0.2) is 0 Å². The lowest BCUT2D eigenvalue weighted by Crippen LogP contribution is -2.46. The van der Waals surface area contributed by atoms with Crippen LogP contribution in [0.15, 0.2) is 30.0 Å². The van der Waals surface area contributed by atoms with Gasteiger partial charge in [0.25, 0.3) is 0 Å². The third-order valence-electron chi connectivity index (χ3n) is 4.52. The fourth-order valence-corrected chi connectivity index (χ4v) is 4.06. The number of hydrogen-bond donors (Lipinski definition) is 0. The Morgan fingerprint density at radius 1 is 1.12 bits per heavy atom. The van der Waals surface area contributed by atoms with Crippen LogP contribution in [-0.2, 0) is 0 Å². The van der Waals surface area contributed by atoms with Gasteiger partial charge in [-0.1, -0.05) is 6.92 Å². The fourth-order valence-electron chi connectivity index (χ4n) is 3.16. The summed E-state index contributed by atoms with van der Waals surface area (Å²) in [4.78, 5) is 18.3. The minimum absolute atomic E-state index is 0.456. The van der Waals surface area contributed by atoms with E-state index in [0.717, 1.165) is 54.3 Å². The van der Waals surface area contributed by atoms with Crippen molar-refractivity contribution in [1.29, 1.82) is 0 Å². The van der Waals surface area contributed by atoms with Crippen LogP contribution in [-0.4, -0.2) is 52.6 Å². The highest BCUT2D eigenvalue weighted by Gasteiger charge is 2.22. The van der Waals surface area contributed by atoms with Crippen LogP contribution < -0.4 is 4.90 Å². The highest BCUT2D eigenvalue weighted by Crippen LogP contribution is 2.38. The molecule has 0 radical (unpaired) electrons. The Bertz CT molecular complexity index is 857. The Labute approximate surface area is 143 Å². The monoisotopic (exact) mass is 343 g/mol. The average Bonchev–Trinajstić information content (AvgIpc) is 3.06. The van der Waals surface area contributed by atoms with E-state index in [1.54, 1.807) is 18.5 Å². The largest absolute Gasteiger partial charge is 0.353 e. The molecule has 0 amide bonds. The summed E-state index contributed by atoms with van der Waals surface area (Å²) in [6, 6.07) is 3.51. The van der Waals surface area contributed by atoms with E-state index < -0.39 is 5.95 Å². The zero-order valence-electron chi connectivity index (χ0n) is 13.4. The summed E-state index contributed by atoms with van der Waals surface area (Å²) in [5.41, 5.74) is 1.33. The van der Waals surface area contributed by atoms with Crippen LogP contribution in [0.3, 0.4) is 0 Å². The molecule has 3 aromatic heterocycles. The number of anilines is 1. The molecule has 1 fully saturated rings. The zero-order valence-corrected chi connectivity index (χ0v) is 14.3. The van der Waals surface area contributed by atoms with Gasteiger partial charge in [0.2, 0.25) is 5.95 Å². The molecule has 0 atom stereocenters. The summed E-state index contributed by atoms with van der Waals surface area (Å²) >= 11 is 1.52. The third kappa shape index (κ3) is 2.63. The van der Waals surface area contributed by atoms with Crippen LogP contribution in [0.4, 0.5) is 10.2 Å². The van der Waals surface area contributed by atoms with Crippen LogP contribution in [0, 0.1) is 5.95 Å². The van der Waals surface area contributed by atoms with Crippen molar-refractivity contribution in [3.63, 3.8) is 0 Å². The lowest BCUT2D eigenvalue weighted by atomic mass is 10.1. The molecule has 1 saturated heterocycles. The predicted molar refractivity (Wildman–Crippen MR) is 94.9 cm³/mol. The normalized spacial score (nSPS) is 16.0. The molecule has 4 heterocycles. The maximum absolute atomic E-state index is 14.2. The lowest BCUT2D eigenvalue weighted by molar-refractivity contribution is 0.271. The Kier molecular flexibility index (Phi) is 4.12. The van der Waals surface area contributed by atoms with E-state index in [9.17, 15) is 4.39 Å². The van der Waals surface area contributed by atoms with E-state index in [4.69, 9.17) is 0 Å². The van der Waals surface area contributed by atoms with Gasteiger partial charge in [-0.3, -0.25) is 0 Å². The first-order chi connectivity index (χ1) is 11.8. The maximum atomic E-state index is 14.2. The second kappa shape index (κ2) is 6.41. The molecule has 0 unspecified atom stereocenters. The summed E-state index contributed by atoms with van der Waals surface area (Å²) in [7, 11) is 0. The van der Waals surface area contributed by atoms with Gasteiger partial charge in [0, 0.05) is 48.9 Å². The Morgan fingerprint density at radius 2 is 1.96 bits per heavy atom. The number of pyridine rings is 1. The minimum atomic E-state index is -0.456. The second-order valence-corrected chi connectivity index (χ2v) is 6.65. The summed E-state index contributed by atoms with van der Waals surface area (Å²) in [5.74, 6) is 0.443. The number of nitrogens with zero attached hydrogens (tertiary/aromatic N) is 5. The van der Waals surface area contributed by atoms with Gasteiger partial charge in [-0.25, -0.2) is 15.0 Å². The Morgan fingerprint density at radius 3 is 2.71 bits per heavy atom. The van der Waals surface area contributed by atoms with Crippen molar-refractivity contribution < 1.29 is 4.39 Å². The molecule has 0 aliphatic carbocycles. The van der Waals surface area contributed by atoms with Crippen LogP contribution in [0.1, 0.15) is 6.92 Å². The summed E-state index contributed by atoms with van der Waals surface area (Å²) < 4.78 is 14.2. The van der Waals surface area contributed by atoms with Crippen LogP contribution >= 0.6 is 11.3 Å². The molecule has 0 spiro atoms. The molecule has 0 saturated carbocycles. The van der Waals surface area contributed by atoms with Crippen molar-refractivity contribution in [2.45, 2.75) is 6.92 Å². The van der Waals surface area contributed by atoms with Crippen LogP contribution in [0.25, 0.3) is 21.3 Å². The molecule has 7 heteroatoms. The first-order valence-electron chi connectivity index (χ1n) is 8.08. The molecule has 0 N–H and O–H groups in total. The van der Waals surface area contributed by atoms with E-state index >= 15 is 0 Å². The number of halogens is 1. The lowest BCUT2D eigenvalue weighted by Gasteiger charge is -2.35. The Balaban J connectivity index is 1.80. The topological polar surface area (TPSA) is 45.2 Å². The molecule has 24 heavy (non-hydrogen) atoms. The van der Waals surface area contributed by atoms with Gasteiger partial charge in [0.05, 0.1) is 5.39 Å². The van der Waals surface area contributed by atoms with Crippen molar-refractivity contribution in [2.24, 2.45) is 0 Å². The van der Waals surface area contributed by atoms with Gasteiger partial charge >= 0.3 is 0 Å². The van der Waals surface area contributed by atoms with Gasteiger partial charge < -0.3 is 9.80 Å². The quantitative estimate of drug-likeness (QED) is 0.684. The SMILES string of the molecule is CCN1CCN(c2ncnc3scc(-c4cccnc4F)c23)CC1. The van der Waals surface area contributed by atoms with Crippen molar-refractivity contribution >= 4 is 27.4 Å². The second-order valence-electron chi connectivity index (χ2n) is 5.79.